The minimum absolute atomic E-state index is 0.00758. The van der Waals surface area contributed by atoms with E-state index in [-0.39, 0.29) is 9.52 Å². The smallest absolute Gasteiger partial charge is 0.0453 e. The van der Waals surface area contributed by atoms with E-state index < -0.39 is 0 Å². The predicted octanol–water partition coefficient (Wildman–Crippen LogP) is 2.20. The van der Waals surface area contributed by atoms with Crippen LogP contribution in [-0.4, -0.2) is 21.3 Å². The van der Waals surface area contributed by atoms with Crippen LogP contribution in [0.25, 0.3) is 0 Å². The summed E-state index contributed by atoms with van der Waals surface area (Å²) >= 11 is 11.1. The maximum atomic E-state index is 5.64. The van der Waals surface area contributed by atoms with Gasteiger partial charge >= 0.3 is 0 Å². The first-order valence-corrected chi connectivity index (χ1v) is 6.46. The molecule has 0 N–H and O–H groups in total. The molecule has 0 bridgehead atoms. The van der Waals surface area contributed by atoms with Crippen molar-refractivity contribution in [2.24, 2.45) is 5.92 Å². The molecule has 3 heteroatoms. The molecule has 0 saturated carbocycles. The number of hydrogen-bond acceptors (Lipinski definition) is 0. The summed E-state index contributed by atoms with van der Waals surface area (Å²) < 4.78 is 0. The molecular weight excluding hydrogens is 183 g/mol. The number of allylic oxidation sites excluding steroid dienone is 1. The van der Waals surface area contributed by atoms with E-state index in [0.717, 1.165) is 5.88 Å². The highest BCUT2D eigenvalue weighted by Gasteiger charge is 1.96. The highest BCUT2D eigenvalue weighted by Crippen LogP contribution is 2.03. The van der Waals surface area contributed by atoms with E-state index in [4.69, 9.17) is 23.2 Å². The average Bonchev–Trinajstić information content (AvgIpc) is 1.98. The molecule has 0 aliphatic heterocycles. The molecule has 0 rings (SSSR count). The first kappa shape index (κ1) is 10.5. The van der Waals surface area contributed by atoms with Gasteiger partial charge < -0.3 is 0 Å². The van der Waals surface area contributed by atoms with Gasteiger partial charge in [0.25, 0.3) is 0 Å². The SMILES string of the molecule is CC(CCl)C[SiH2]C=CCCl. The zero-order chi connectivity index (χ0) is 7.82. The molecule has 10 heavy (non-hydrogen) atoms. The van der Waals surface area contributed by atoms with Crippen molar-refractivity contribution >= 4 is 32.7 Å². The molecule has 0 aromatic carbocycles. The Hall–Kier alpha value is 0.537. The summed E-state index contributed by atoms with van der Waals surface area (Å²) in [6, 6.07) is 1.30. The summed E-state index contributed by atoms with van der Waals surface area (Å²) in [5.41, 5.74) is 2.25. The first-order valence-electron chi connectivity index (χ1n) is 3.58. The van der Waals surface area contributed by atoms with E-state index in [1.54, 1.807) is 0 Å². The van der Waals surface area contributed by atoms with Gasteiger partial charge in [-0.15, -0.1) is 28.9 Å². The Morgan fingerprint density at radius 2 is 2.20 bits per heavy atom. The van der Waals surface area contributed by atoms with Crippen molar-refractivity contribution in [1.29, 1.82) is 0 Å². The van der Waals surface area contributed by atoms with E-state index >= 15 is 0 Å². The van der Waals surface area contributed by atoms with Crippen LogP contribution in [0.3, 0.4) is 0 Å². The van der Waals surface area contributed by atoms with Gasteiger partial charge in [0.2, 0.25) is 0 Å². The van der Waals surface area contributed by atoms with Gasteiger partial charge in [-0.1, -0.05) is 19.0 Å². The quantitative estimate of drug-likeness (QED) is 0.468. The third-order valence-corrected chi connectivity index (χ3v) is 4.04. The number of halogens is 2. The largest absolute Gasteiger partial charge is 0.126 e. The lowest BCUT2D eigenvalue weighted by Gasteiger charge is -2.01. The molecule has 0 aliphatic carbocycles. The molecule has 0 nitrogen and oxygen atoms in total. The lowest BCUT2D eigenvalue weighted by atomic mass is 10.3. The van der Waals surface area contributed by atoms with Crippen molar-refractivity contribution in [3.05, 3.63) is 11.8 Å². The molecular formula is C7H14Cl2Si. The van der Waals surface area contributed by atoms with Crippen LogP contribution in [0.5, 0.6) is 0 Å². The normalized spacial score (nSPS) is 15.5. The summed E-state index contributed by atoms with van der Waals surface area (Å²) in [7, 11) is -0.00758. The highest BCUT2D eigenvalue weighted by molar-refractivity contribution is 6.42. The summed E-state index contributed by atoms with van der Waals surface area (Å²) in [5, 5.41) is 0. The van der Waals surface area contributed by atoms with Crippen molar-refractivity contribution in [3.63, 3.8) is 0 Å². The first-order chi connectivity index (χ1) is 4.81. The molecule has 1 atom stereocenters. The summed E-state index contributed by atoms with van der Waals surface area (Å²) in [5.74, 6) is 2.14. The molecule has 0 aromatic heterocycles. The Balaban J connectivity index is 3.10. The lowest BCUT2D eigenvalue weighted by Crippen LogP contribution is -1.98. The van der Waals surface area contributed by atoms with Gasteiger partial charge in [0.1, 0.15) is 0 Å². The van der Waals surface area contributed by atoms with Crippen LogP contribution in [0.2, 0.25) is 6.04 Å². The van der Waals surface area contributed by atoms with Gasteiger partial charge in [-0.2, -0.15) is 0 Å². The van der Waals surface area contributed by atoms with Crippen molar-refractivity contribution in [1.82, 2.24) is 0 Å². The minimum atomic E-state index is -0.00758. The van der Waals surface area contributed by atoms with Gasteiger partial charge in [0.05, 0.1) is 0 Å². The monoisotopic (exact) mass is 196 g/mol. The van der Waals surface area contributed by atoms with Gasteiger partial charge in [0.15, 0.2) is 0 Å². The molecule has 0 heterocycles. The van der Waals surface area contributed by atoms with E-state index in [1.807, 2.05) is 6.08 Å². The van der Waals surface area contributed by atoms with Gasteiger partial charge in [-0.25, -0.2) is 0 Å². The summed E-state index contributed by atoms with van der Waals surface area (Å²) in [6.45, 7) is 2.19. The lowest BCUT2D eigenvalue weighted by molar-refractivity contribution is 0.741. The van der Waals surface area contributed by atoms with Gasteiger partial charge in [-0.3, -0.25) is 0 Å². The molecule has 1 unspecified atom stereocenters. The van der Waals surface area contributed by atoms with E-state index in [9.17, 15) is 0 Å². The summed E-state index contributed by atoms with van der Waals surface area (Å²) in [6.07, 6.45) is 2.04. The Morgan fingerprint density at radius 3 is 2.70 bits per heavy atom. The molecule has 60 valence electrons. The third-order valence-electron chi connectivity index (χ3n) is 1.35. The Bertz CT molecular complexity index is 93.6. The van der Waals surface area contributed by atoms with Crippen LogP contribution in [-0.2, 0) is 0 Å². The molecule has 0 amide bonds. The number of rotatable bonds is 5. The highest BCUT2D eigenvalue weighted by atomic mass is 35.5. The van der Waals surface area contributed by atoms with Crippen LogP contribution in [0.15, 0.2) is 11.8 Å². The molecule has 0 fully saturated rings. The molecule has 0 radical (unpaired) electrons. The molecule has 0 spiro atoms. The maximum absolute atomic E-state index is 5.64. The van der Waals surface area contributed by atoms with Crippen molar-refractivity contribution in [3.8, 4) is 0 Å². The van der Waals surface area contributed by atoms with Crippen molar-refractivity contribution in [2.75, 3.05) is 11.8 Å². The van der Waals surface area contributed by atoms with E-state index in [0.29, 0.717) is 11.8 Å². The number of alkyl halides is 2. The molecule has 0 saturated heterocycles. The van der Waals surface area contributed by atoms with Crippen LogP contribution in [0.1, 0.15) is 6.92 Å². The third kappa shape index (κ3) is 6.65. The van der Waals surface area contributed by atoms with Crippen molar-refractivity contribution < 1.29 is 0 Å². The standard InChI is InChI=1S/C7H14Cl2Si/c1-7(5-9)6-10-4-2-3-8/h2,4,7H,3,5-6,10H2,1H3. The van der Waals surface area contributed by atoms with Gasteiger partial charge in [0, 0.05) is 21.3 Å². The molecule has 0 aromatic rings. The second-order valence-electron chi connectivity index (χ2n) is 2.46. The van der Waals surface area contributed by atoms with Crippen LogP contribution in [0.4, 0.5) is 0 Å². The second kappa shape index (κ2) is 7.64. The van der Waals surface area contributed by atoms with Gasteiger partial charge in [-0.05, 0) is 5.92 Å². The molecule has 0 aliphatic rings. The minimum Gasteiger partial charge on any atom is -0.126 e. The van der Waals surface area contributed by atoms with Crippen LogP contribution in [0, 0.1) is 5.92 Å². The Kier molecular flexibility index (Phi) is 8.05. The van der Waals surface area contributed by atoms with Crippen LogP contribution < -0.4 is 0 Å². The van der Waals surface area contributed by atoms with E-state index in [2.05, 4.69) is 12.6 Å². The van der Waals surface area contributed by atoms with Crippen LogP contribution >= 0.6 is 23.2 Å². The fraction of sp³-hybridized carbons (Fsp3) is 0.714. The fourth-order valence-electron chi connectivity index (χ4n) is 0.639. The zero-order valence-corrected chi connectivity index (χ0v) is 9.24. The Labute approximate surface area is 75.4 Å². The second-order valence-corrected chi connectivity index (χ2v) is 4.71. The zero-order valence-electron chi connectivity index (χ0n) is 6.32. The number of hydrogen-bond donors (Lipinski definition) is 0. The topological polar surface area (TPSA) is 0 Å². The van der Waals surface area contributed by atoms with Crippen molar-refractivity contribution in [2.45, 2.75) is 13.0 Å². The Morgan fingerprint density at radius 1 is 1.50 bits per heavy atom. The predicted molar refractivity (Wildman–Crippen MR) is 53.1 cm³/mol. The maximum Gasteiger partial charge on any atom is 0.0453 e. The van der Waals surface area contributed by atoms with E-state index in [1.165, 1.54) is 6.04 Å². The summed E-state index contributed by atoms with van der Waals surface area (Å²) in [4.78, 5) is 0. The fourth-order valence-corrected chi connectivity index (χ4v) is 2.76. The average molecular weight is 197 g/mol.